The van der Waals surface area contributed by atoms with E-state index in [4.69, 9.17) is 23.2 Å². The number of aromatic nitrogens is 3. The van der Waals surface area contributed by atoms with Gasteiger partial charge in [0, 0.05) is 42.0 Å². The topological polar surface area (TPSA) is 76.9 Å². The number of halogens is 2. The first kappa shape index (κ1) is 19.1. The quantitative estimate of drug-likeness (QED) is 0.674. The molecule has 0 atom stereocenters. The molecule has 0 aliphatic heterocycles. The summed E-state index contributed by atoms with van der Waals surface area (Å²) in [6.45, 7) is 0.328. The van der Waals surface area contributed by atoms with E-state index in [9.17, 15) is 9.59 Å². The predicted octanol–water partition coefficient (Wildman–Crippen LogP) is 4.03. The highest BCUT2D eigenvalue weighted by molar-refractivity contribution is 6.36. The van der Waals surface area contributed by atoms with Crippen molar-refractivity contribution in [3.8, 4) is 11.3 Å². The summed E-state index contributed by atoms with van der Waals surface area (Å²) < 4.78 is 1.35. The van der Waals surface area contributed by atoms with Crippen LogP contribution in [0.25, 0.3) is 11.3 Å². The highest BCUT2D eigenvalue weighted by Gasteiger charge is 2.08. The van der Waals surface area contributed by atoms with Gasteiger partial charge in [0.15, 0.2) is 0 Å². The van der Waals surface area contributed by atoms with Gasteiger partial charge in [-0.05, 0) is 42.8 Å². The number of aryl methyl sites for hydroxylation is 1. The maximum absolute atomic E-state index is 12.1. The number of nitrogens with one attached hydrogen (secondary N) is 1. The first-order valence-electron chi connectivity index (χ1n) is 8.26. The van der Waals surface area contributed by atoms with Gasteiger partial charge in [-0.2, -0.15) is 5.10 Å². The molecule has 0 aliphatic rings. The van der Waals surface area contributed by atoms with E-state index in [-0.39, 0.29) is 17.9 Å². The minimum Gasteiger partial charge on any atom is -0.325 e. The van der Waals surface area contributed by atoms with Gasteiger partial charge in [-0.25, -0.2) is 4.68 Å². The second-order valence-electron chi connectivity index (χ2n) is 5.80. The lowest BCUT2D eigenvalue weighted by atomic mass is 10.2. The Morgan fingerprint density at radius 1 is 1.15 bits per heavy atom. The molecule has 0 aliphatic carbocycles. The molecule has 0 saturated heterocycles. The zero-order valence-electron chi connectivity index (χ0n) is 14.2. The zero-order chi connectivity index (χ0) is 19.2. The lowest BCUT2D eigenvalue weighted by Gasteiger charge is -2.09. The summed E-state index contributed by atoms with van der Waals surface area (Å²) >= 11 is 11.9. The Labute approximate surface area is 165 Å². The van der Waals surface area contributed by atoms with E-state index < -0.39 is 0 Å². The van der Waals surface area contributed by atoms with E-state index in [0.29, 0.717) is 34.4 Å². The van der Waals surface area contributed by atoms with Crippen LogP contribution in [0.4, 0.5) is 5.69 Å². The van der Waals surface area contributed by atoms with Gasteiger partial charge in [-0.3, -0.25) is 14.6 Å². The van der Waals surface area contributed by atoms with E-state index in [0.717, 1.165) is 5.56 Å². The number of anilines is 1. The van der Waals surface area contributed by atoms with Crippen molar-refractivity contribution in [3.63, 3.8) is 0 Å². The number of carbonyl (C=O) groups excluding carboxylic acids is 1. The minimum atomic E-state index is -0.219. The molecule has 0 saturated carbocycles. The Morgan fingerprint density at radius 2 is 2.00 bits per heavy atom. The third-order valence-corrected chi connectivity index (χ3v) is 4.35. The molecule has 0 unspecified atom stereocenters. The number of carbonyl (C=O) groups is 1. The third-order valence-electron chi connectivity index (χ3n) is 3.80. The lowest BCUT2D eigenvalue weighted by Crippen LogP contribution is -2.23. The van der Waals surface area contributed by atoms with Gasteiger partial charge in [0.25, 0.3) is 5.56 Å². The Kier molecular flexibility index (Phi) is 6.21. The Bertz CT molecular complexity index is 1010. The van der Waals surface area contributed by atoms with Crippen molar-refractivity contribution in [2.24, 2.45) is 0 Å². The van der Waals surface area contributed by atoms with Crippen LogP contribution in [0.1, 0.15) is 12.8 Å². The first-order chi connectivity index (χ1) is 13.0. The van der Waals surface area contributed by atoms with Crippen molar-refractivity contribution in [1.82, 2.24) is 14.8 Å². The highest BCUT2D eigenvalue weighted by Crippen LogP contribution is 2.25. The van der Waals surface area contributed by atoms with E-state index in [1.54, 1.807) is 42.7 Å². The largest absolute Gasteiger partial charge is 0.325 e. The summed E-state index contributed by atoms with van der Waals surface area (Å²) in [5.41, 5.74) is 1.75. The van der Waals surface area contributed by atoms with Gasteiger partial charge in [0.05, 0.1) is 16.4 Å². The van der Waals surface area contributed by atoms with E-state index >= 15 is 0 Å². The van der Waals surface area contributed by atoms with Crippen LogP contribution >= 0.6 is 23.2 Å². The van der Waals surface area contributed by atoms with Gasteiger partial charge in [-0.1, -0.05) is 23.2 Å². The summed E-state index contributed by atoms with van der Waals surface area (Å²) in [6.07, 6.45) is 4.04. The van der Waals surface area contributed by atoms with E-state index in [1.165, 1.54) is 10.7 Å². The van der Waals surface area contributed by atoms with Crippen molar-refractivity contribution in [3.05, 3.63) is 75.3 Å². The summed E-state index contributed by atoms with van der Waals surface area (Å²) in [6, 6.07) is 11.6. The minimum absolute atomic E-state index is 0.198. The second-order valence-corrected chi connectivity index (χ2v) is 6.64. The fourth-order valence-corrected chi connectivity index (χ4v) is 2.93. The van der Waals surface area contributed by atoms with Gasteiger partial charge in [0.2, 0.25) is 5.91 Å². The molecule has 2 heterocycles. The molecule has 3 rings (SSSR count). The molecule has 27 heavy (non-hydrogen) atoms. The maximum Gasteiger partial charge on any atom is 0.266 e. The van der Waals surface area contributed by atoms with Crippen LogP contribution in [-0.2, 0) is 11.3 Å². The number of amides is 1. The van der Waals surface area contributed by atoms with Crippen LogP contribution in [0.15, 0.2) is 59.7 Å². The molecular formula is C19H16Cl2N4O2. The zero-order valence-corrected chi connectivity index (χ0v) is 15.7. The Morgan fingerprint density at radius 3 is 2.74 bits per heavy atom. The molecule has 2 aromatic heterocycles. The Balaban J connectivity index is 1.60. The fraction of sp³-hybridized carbons (Fsp3) is 0.158. The number of pyridine rings is 1. The van der Waals surface area contributed by atoms with Crippen LogP contribution in [0.5, 0.6) is 0 Å². The molecule has 1 amide bonds. The number of benzene rings is 1. The molecule has 0 fully saturated rings. The normalized spacial score (nSPS) is 10.6. The van der Waals surface area contributed by atoms with E-state index in [2.05, 4.69) is 15.4 Å². The molecule has 3 aromatic rings. The van der Waals surface area contributed by atoms with Crippen LogP contribution in [-0.4, -0.2) is 20.7 Å². The third kappa shape index (κ3) is 5.15. The standard InChI is InChI=1S/C19H16Cl2N4O2/c20-14-5-6-17(15(21)11-14)23-18(26)4-2-10-25-19(27)8-7-16(24-25)13-3-1-9-22-12-13/h1,3,5-9,11-12H,2,4,10H2,(H,23,26). The molecule has 0 bridgehead atoms. The smallest absolute Gasteiger partial charge is 0.266 e. The van der Waals surface area contributed by atoms with Crippen LogP contribution < -0.4 is 10.9 Å². The summed E-state index contributed by atoms with van der Waals surface area (Å²) in [5, 5.41) is 7.94. The average Bonchev–Trinajstić information content (AvgIpc) is 2.66. The number of rotatable bonds is 6. The van der Waals surface area contributed by atoms with Crippen molar-refractivity contribution >= 4 is 34.8 Å². The molecule has 6 nitrogen and oxygen atoms in total. The van der Waals surface area contributed by atoms with Gasteiger partial charge >= 0.3 is 0 Å². The van der Waals surface area contributed by atoms with Crippen molar-refractivity contribution in [2.45, 2.75) is 19.4 Å². The summed E-state index contributed by atoms with van der Waals surface area (Å²) in [7, 11) is 0. The Hall–Kier alpha value is -2.70. The summed E-state index contributed by atoms with van der Waals surface area (Å²) in [5.74, 6) is -0.198. The predicted molar refractivity (Wildman–Crippen MR) is 106 cm³/mol. The van der Waals surface area contributed by atoms with Gasteiger partial charge in [0.1, 0.15) is 0 Å². The first-order valence-corrected chi connectivity index (χ1v) is 9.02. The lowest BCUT2D eigenvalue weighted by molar-refractivity contribution is -0.116. The molecule has 8 heteroatoms. The molecular weight excluding hydrogens is 387 g/mol. The number of hydrogen-bond acceptors (Lipinski definition) is 4. The molecule has 138 valence electrons. The maximum atomic E-state index is 12.1. The molecule has 0 spiro atoms. The van der Waals surface area contributed by atoms with Gasteiger partial charge in [-0.15, -0.1) is 0 Å². The average molecular weight is 403 g/mol. The van der Waals surface area contributed by atoms with Crippen molar-refractivity contribution in [2.75, 3.05) is 5.32 Å². The number of nitrogens with zero attached hydrogens (tertiary/aromatic N) is 3. The fourth-order valence-electron chi connectivity index (χ4n) is 2.47. The van der Waals surface area contributed by atoms with Crippen LogP contribution in [0.2, 0.25) is 10.0 Å². The van der Waals surface area contributed by atoms with Crippen LogP contribution in [0, 0.1) is 0 Å². The van der Waals surface area contributed by atoms with Crippen LogP contribution in [0.3, 0.4) is 0 Å². The highest BCUT2D eigenvalue weighted by atomic mass is 35.5. The SMILES string of the molecule is O=C(CCCn1nc(-c2cccnc2)ccc1=O)Nc1ccc(Cl)cc1Cl. The molecule has 1 aromatic carbocycles. The van der Waals surface area contributed by atoms with Crippen molar-refractivity contribution < 1.29 is 4.79 Å². The molecule has 1 N–H and O–H groups in total. The number of hydrogen-bond donors (Lipinski definition) is 1. The summed E-state index contributed by atoms with van der Waals surface area (Å²) in [4.78, 5) is 28.1. The monoisotopic (exact) mass is 402 g/mol. The van der Waals surface area contributed by atoms with E-state index in [1.807, 2.05) is 6.07 Å². The molecule has 0 radical (unpaired) electrons. The second kappa shape index (κ2) is 8.79. The van der Waals surface area contributed by atoms with Crippen molar-refractivity contribution in [1.29, 1.82) is 0 Å². The van der Waals surface area contributed by atoms with Gasteiger partial charge < -0.3 is 5.32 Å².